The van der Waals surface area contributed by atoms with Gasteiger partial charge in [0.15, 0.2) is 5.96 Å². The second-order valence-electron chi connectivity index (χ2n) is 6.03. The molecular formula is C18H24N6. The average molecular weight is 324 g/mol. The first kappa shape index (κ1) is 16.3. The third-order valence-electron chi connectivity index (χ3n) is 4.21. The molecule has 1 heterocycles. The van der Waals surface area contributed by atoms with Crippen molar-refractivity contribution in [2.45, 2.75) is 25.8 Å². The fourth-order valence-corrected chi connectivity index (χ4v) is 2.99. The van der Waals surface area contributed by atoms with Gasteiger partial charge in [0.25, 0.3) is 0 Å². The summed E-state index contributed by atoms with van der Waals surface area (Å²) < 4.78 is 0. The molecule has 1 fully saturated rings. The average Bonchev–Trinajstić information content (AvgIpc) is 2.60. The first-order valence-electron chi connectivity index (χ1n) is 8.38. The van der Waals surface area contributed by atoms with Gasteiger partial charge in [-0.1, -0.05) is 48.9 Å². The van der Waals surface area contributed by atoms with Gasteiger partial charge in [-0.25, -0.2) is 5.01 Å². The first-order chi connectivity index (χ1) is 11.7. The van der Waals surface area contributed by atoms with E-state index in [4.69, 9.17) is 10.8 Å². The molecule has 0 bridgehead atoms. The van der Waals surface area contributed by atoms with Crippen molar-refractivity contribution in [1.29, 1.82) is 10.8 Å². The Labute approximate surface area is 142 Å². The van der Waals surface area contributed by atoms with Crippen LogP contribution in [0.2, 0.25) is 0 Å². The van der Waals surface area contributed by atoms with E-state index in [0.717, 1.165) is 31.5 Å². The van der Waals surface area contributed by atoms with E-state index in [9.17, 15) is 0 Å². The molecule has 2 aromatic rings. The van der Waals surface area contributed by atoms with Crippen molar-refractivity contribution in [3.63, 3.8) is 0 Å². The van der Waals surface area contributed by atoms with E-state index < -0.39 is 0 Å². The molecule has 2 aromatic carbocycles. The third-order valence-corrected chi connectivity index (χ3v) is 4.21. The molecule has 0 spiro atoms. The molecule has 6 heteroatoms. The monoisotopic (exact) mass is 324 g/mol. The number of nitrogens with zero attached hydrogens (tertiary/aromatic N) is 1. The molecule has 3 rings (SSSR count). The molecule has 1 aliphatic rings. The second-order valence-corrected chi connectivity index (χ2v) is 6.03. The molecule has 0 unspecified atom stereocenters. The summed E-state index contributed by atoms with van der Waals surface area (Å²) in [6.07, 6.45) is 3.55. The maximum atomic E-state index is 7.97. The number of nitrogens with one attached hydrogen (secondary N) is 5. The lowest BCUT2D eigenvalue weighted by molar-refractivity contribution is 0.192. The van der Waals surface area contributed by atoms with Crippen LogP contribution in [0.25, 0.3) is 10.8 Å². The standard InChI is InChI=1S/C18H24N6/c19-17(22-18(20)23-24-11-4-1-5-12-24)21-13-15-9-6-8-14-7-2-3-10-16(14)15/h2-3,6-10H,1,4-5,11-13H2,(H5,19,20,21,22,23). The highest BCUT2D eigenvalue weighted by Crippen LogP contribution is 2.18. The summed E-state index contributed by atoms with van der Waals surface area (Å²) in [7, 11) is 0. The number of hydrazine groups is 1. The van der Waals surface area contributed by atoms with Gasteiger partial charge >= 0.3 is 0 Å². The van der Waals surface area contributed by atoms with Crippen molar-refractivity contribution in [3.05, 3.63) is 48.0 Å². The summed E-state index contributed by atoms with van der Waals surface area (Å²) >= 11 is 0. The Balaban J connectivity index is 1.50. The van der Waals surface area contributed by atoms with Crippen molar-refractivity contribution < 1.29 is 0 Å². The molecule has 0 aliphatic carbocycles. The normalized spacial score (nSPS) is 15.0. The van der Waals surface area contributed by atoms with Crippen LogP contribution < -0.4 is 16.1 Å². The Morgan fingerprint density at radius 3 is 2.50 bits per heavy atom. The fourth-order valence-electron chi connectivity index (χ4n) is 2.99. The zero-order valence-corrected chi connectivity index (χ0v) is 13.7. The van der Waals surface area contributed by atoms with E-state index in [1.165, 1.54) is 17.2 Å². The summed E-state index contributed by atoms with van der Waals surface area (Å²) in [6, 6.07) is 14.4. The first-order valence-corrected chi connectivity index (χ1v) is 8.38. The summed E-state index contributed by atoms with van der Waals surface area (Å²) in [5.41, 5.74) is 4.14. The molecule has 24 heavy (non-hydrogen) atoms. The number of fused-ring (bicyclic) bond motifs is 1. The van der Waals surface area contributed by atoms with Crippen molar-refractivity contribution in [3.8, 4) is 0 Å². The van der Waals surface area contributed by atoms with E-state index in [-0.39, 0.29) is 11.9 Å². The molecule has 0 saturated carbocycles. The van der Waals surface area contributed by atoms with Gasteiger partial charge in [-0.05, 0) is 29.2 Å². The smallest absolute Gasteiger partial charge is 0.210 e. The topological polar surface area (TPSA) is 87.0 Å². The molecule has 0 radical (unpaired) electrons. The molecule has 0 amide bonds. The maximum absolute atomic E-state index is 7.97. The highest BCUT2D eigenvalue weighted by molar-refractivity contribution is 5.95. The summed E-state index contributed by atoms with van der Waals surface area (Å²) in [5, 5.41) is 26.1. The zero-order chi connectivity index (χ0) is 16.8. The van der Waals surface area contributed by atoms with Gasteiger partial charge in [0.1, 0.15) is 0 Å². The Morgan fingerprint density at radius 1 is 0.917 bits per heavy atom. The van der Waals surface area contributed by atoms with Gasteiger partial charge in [0, 0.05) is 19.6 Å². The van der Waals surface area contributed by atoms with E-state index in [1.807, 2.05) is 23.2 Å². The minimum absolute atomic E-state index is 0.123. The predicted octanol–water partition coefficient (Wildman–Crippen LogP) is 2.38. The SMILES string of the molecule is N=C(NCc1cccc2ccccc12)NC(=N)NN1CCCCC1. The van der Waals surface area contributed by atoms with E-state index in [2.05, 4.69) is 40.3 Å². The van der Waals surface area contributed by atoms with Gasteiger partial charge in [-0.3, -0.25) is 21.6 Å². The third kappa shape index (κ3) is 4.23. The Morgan fingerprint density at radius 2 is 1.67 bits per heavy atom. The molecule has 0 aromatic heterocycles. The van der Waals surface area contributed by atoms with Crippen LogP contribution in [0.15, 0.2) is 42.5 Å². The lowest BCUT2D eigenvalue weighted by atomic mass is 10.0. The van der Waals surface area contributed by atoms with Crippen LogP contribution in [0.1, 0.15) is 24.8 Å². The number of guanidine groups is 2. The van der Waals surface area contributed by atoms with Crippen LogP contribution in [-0.2, 0) is 6.54 Å². The number of hydrogen-bond acceptors (Lipinski definition) is 3. The predicted molar refractivity (Wildman–Crippen MR) is 97.9 cm³/mol. The van der Waals surface area contributed by atoms with Crippen LogP contribution >= 0.6 is 0 Å². The van der Waals surface area contributed by atoms with Crippen LogP contribution in [0.5, 0.6) is 0 Å². The van der Waals surface area contributed by atoms with E-state index in [0.29, 0.717) is 6.54 Å². The van der Waals surface area contributed by atoms with Gasteiger partial charge < -0.3 is 5.32 Å². The summed E-state index contributed by atoms with van der Waals surface area (Å²) in [4.78, 5) is 0. The highest BCUT2D eigenvalue weighted by atomic mass is 15.5. The quantitative estimate of drug-likeness (QED) is 0.443. The lowest BCUT2D eigenvalue weighted by Crippen LogP contribution is -2.53. The number of rotatable bonds is 3. The van der Waals surface area contributed by atoms with E-state index in [1.54, 1.807) is 0 Å². The Bertz CT molecular complexity index is 715. The van der Waals surface area contributed by atoms with Crippen LogP contribution in [-0.4, -0.2) is 30.0 Å². The van der Waals surface area contributed by atoms with Crippen molar-refractivity contribution >= 4 is 22.7 Å². The van der Waals surface area contributed by atoms with Gasteiger partial charge in [0.2, 0.25) is 5.96 Å². The van der Waals surface area contributed by atoms with Crippen molar-refractivity contribution in [2.24, 2.45) is 0 Å². The van der Waals surface area contributed by atoms with Crippen LogP contribution in [0.3, 0.4) is 0 Å². The van der Waals surface area contributed by atoms with Crippen molar-refractivity contribution in [2.75, 3.05) is 13.1 Å². The summed E-state index contributed by atoms with van der Waals surface area (Å²) in [5.74, 6) is 0.254. The number of benzene rings is 2. The van der Waals surface area contributed by atoms with Gasteiger partial charge in [0.05, 0.1) is 0 Å². The zero-order valence-electron chi connectivity index (χ0n) is 13.7. The van der Waals surface area contributed by atoms with Gasteiger partial charge in [-0.15, -0.1) is 0 Å². The Kier molecular flexibility index (Phi) is 5.28. The molecule has 6 nitrogen and oxygen atoms in total. The number of hydrogen-bond donors (Lipinski definition) is 5. The molecule has 1 saturated heterocycles. The highest BCUT2D eigenvalue weighted by Gasteiger charge is 2.11. The van der Waals surface area contributed by atoms with E-state index >= 15 is 0 Å². The minimum Gasteiger partial charge on any atom is -0.352 e. The summed E-state index contributed by atoms with van der Waals surface area (Å²) in [6.45, 7) is 2.44. The molecule has 0 atom stereocenters. The second kappa shape index (κ2) is 7.79. The maximum Gasteiger partial charge on any atom is 0.210 e. The lowest BCUT2D eigenvalue weighted by Gasteiger charge is -2.28. The number of piperidine rings is 1. The van der Waals surface area contributed by atoms with Crippen LogP contribution in [0, 0.1) is 10.8 Å². The Hall–Kier alpha value is -2.60. The molecule has 1 aliphatic heterocycles. The van der Waals surface area contributed by atoms with Crippen molar-refractivity contribution in [1.82, 2.24) is 21.1 Å². The molecular weight excluding hydrogens is 300 g/mol. The fraction of sp³-hybridized carbons (Fsp3) is 0.333. The van der Waals surface area contributed by atoms with Crippen LogP contribution in [0.4, 0.5) is 0 Å². The molecule has 5 N–H and O–H groups in total. The minimum atomic E-state index is 0.123. The largest absolute Gasteiger partial charge is 0.352 e. The van der Waals surface area contributed by atoms with Gasteiger partial charge in [-0.2, -0.15) is 0 Å². The molecule has 126 valence electrons.